The maximum absolute atomic E-state index is 12.7. The summed E-state index contributed by atoms with van der Waals surface area (Å²) in [6.07, 6.45) is 0. The topological polar surface area (TPSA) is 57.2 Å². The second-order valence-corrected chi connectivity index (χ2v) is 8.28. The van der Waals surface area contributed by atoms with Crippen molar-refractivity contribution in [2.24, 2.45) is 4.99 Å². The van der Waals surface area contributed by atoms with Gasteiger partial charge < -0.3 is 19.9 Å². The molecular formula is C26H26N4O2. The van der Waals surface area contributed by atoms with Gasteiger partial charge in [-0.1, -0.05) is 35.9 Å². The van der Waals surface area contributed by atoms with Crippen LogP contribution in [0, 0.1) is 13.8 Å². The Balaban J connectivity index is 1.39. The average Bonchev–Trinajstić information content (AvgIpc) is 2.96. The van der Waals surface area contributed by atoms with Crippen LogP contribution in [0.4, 0.5) is 16.2 Å². The van der Waals surface area contributed by atoms with E-state index in [0.717, 1.165) is 45.4 Å². The number of urea groups is 1. The first kappa shape index (κ1) is 20.1. The third-order valence-corrected chi connectivity index (χ3v) is 5.83. The summed E-state index contributed by atoms with van der Waals surface area (Å²) in [7, 11) is 0. The van der Waals surface area contributed by atoms with E-state index in [-0.39, 0.29) is 6.03 Å². The van der Waals surface area contributed by atoms with Crippen LogP contribution in [0.3, 0.4) is 0 Å². The molecule has 0 aromatic heterocycles. The monoisotopic (exact) mass is 426 g/mol. The summed E-state index contributed by atoms with van der Waals surface area (Å²) in [5.74, 6) is 2.48. The molecule has 1 N–H and O–H groups in total. The molecule has 0 atom stereocenters. The summed E-state index contributed by atoms with van der Waals surface area (Å²) in [5, 5.41) is 2.98. The molecule has 2 heterocycles. The van der Waals surface area contributed by atoms with Gasteiger partial charge in [-0.05, 0) is 55.8 Å². The van der Waals surface area contributed by atoms with E-state index in [2.05, 4.69) is 42.3 Å². The highest BCUT2D eigenvalue weighted by atomic mass is 16.5. The van der Waals surface area contributed by atoms with E-state index in [9.17, 15) is 4.79 Å². The predicted molar refractivity (Wildman–Crippen MR) is 127 cm³/mol. The van der Waals surface area contributed by atoms with Crippen LogP contribution < -0.4 is 10.1 Å². The van der Waals surface area contributed by atoms with Crippen LogP contribution >= 0.6 is 0 Å². The number of nitrogens with one attached hydrogen (secondary N) is 1. The zero-order valence-corrected chi connectivity index (χ0v) is 18.3. The number of hydrogen-bond donors (Lipinski definition) is 1. The fourth-order valence-corrected chi connectivity index (χ4v) is 4.08. The Bertz CT molecular complexity index is 1180. The number of amidine groups is 1. The minimum Gasteiger partial charge on any atom is -0.454 e. The SMILES string of the molecule is Cc1ccc2c(c1)Oc1ccc(C)cc1C(N1CCN(C(=O)Nc3ccccc3)CC1)=N2. The van der Waals surface area contributed by atoms with Crippen LogP contribution in [-0.4, -0.2) is 47.8 Å². The standard InChI is InChI=1S/C26H26N4O2/c1-18-9-11-23-21(16-18)25(28-22-10-8-19(2)17-24(22)32-23)29-12-14-30(15-13-29)26(31)27-20-6-4-3-5-7-20/h3-11,16-17H,12-15H2,1-2H3,(H,27,31). The van der Waals surface area contributed by atoms with Crippen LogP contribution in [0.1, 0.15) is 16.7 Å². The molecule has 162 valence electrons. The van der Waals surface area contributed by atoms with Crippen LogP contribution in [-0.2, 0) is 0 Å². The van der Waals surface area contributed by atoms with Crippen molar-refractivity contribution >= 4 is 23.2 Å². The summed E-state index contributed by atoms with van der Waals surface area (Å²) in [4.78, 5) is 21.8. The van der Waals surface area contributed by atoms with Gasteiger partial charge in [-0.2, -0.15) is 0 Å². The first-order valence-electron chi connectivity index (χ1n) is 10.9. The van der Waals surface area contributed by atoms with E-state index in [4.69, 9.17) is 9.73 Å². The highest BCUT2D eigenvalue weighted by Crippen LogP contribution is 2.39. The molecule has 0 radical (unpaired) electrons. The van der Waals surface area contributed by atoms with E-state index >= 15 is 0 Å². The number of fused-ring (bicyclic) bond motifs is 2. The molecule has 3 aromatic rings. The van der Waals surface area contributed by atoms with E-state index in [1.165, 1.54) is 0 Å². The molecule has 1 fully saturated rings. The molecule has 2 aliphatic rings. The Morgan fingerprint density at radius 2 is 1.59 bits per heavy atom. The lowest BCUT2D eigenvalue weighted by Crippen LogP contribution is -2.51. The molecule has 0 saturated carbocycles. The molecule has 5 rings (SSSR count). The van der Waals surface area contributed by atoms with Crippen molar-refractivity contribution in [3.63, 3.8) is 0 Å². The van der Waals surface area contributed by atoms with Gasteiger partial charge in [-0.25, -0.2) is 9.79 Å². The highest BCUT2D eigenvalue weighted by Gasteiger charge is 2.27. The lowest BCUT2D eigenvalue weighted by atomic mass is 10.1. The van der Waals surface area contributed by atoms with Crippen molar-refractivity contribution in [3.05, 3.63) is 83.4 Å². The number of nitrogens with zero attached hydrogens (tertiary/aromatic N) is 3. The number of piperazine rings is 1. The Hall–Kier alpha value is -3.80. The van der Waals surface area contributed by atoms with Crippen molar-refractivity contribution in [1.29, 1.82) is 0 Å². The molecule has 3 aromatic carbocycles. The summed E-state index contributed by atoms with van der Waals surface area (Å²) in [6, 6.07) is 21.8. The van der Waals surface area contributed by atoms with Crippen LogP contribution in [0.15, 0.2) is 71.7 Å². The molecule has 0 spiro atoms. The normalized spacial score (nSPS) is 15.1. The minimum atomic E-state index is -0.0703. The number of anilines is 1. The molecule has 0 unspecified atom stereocenters. The van der Waals surface area contributed by atoms with Gasteiger partial charge in [0.15, 0.2) is 5.75 Å². The number of para-hydroxylation sites is 1. The second-order valence-electron chi connectivity index (χ2n) is 8.28. The van der Waals surface area contributed by atoms with E-state index in [1.54, 1.807) is 0 Å². The maximum Gasteiger partial charge on any atom is 0.321 e. The highest BCUT2D eigenvalue weighted by molar-refractivity contribution is 6.04. The molecule has 32 heavy (non-hydrogen) atoms. The number of benzene rings is 3. The number of amides is 2. The van der Waals surface area contributed by atoms with Gasteiger partial charge in [0.25, 0.3) is 0 Å². The summed E-state index contributed by atoms with van der Waals surface area (Å²) in [6.45, 7) is 6.78. The third kappa shape index (κ3) is 4.04. The molecule has 0 bridgehead atoms. The largest absolute Gasteiger partial charge is 0.454 e. The number of ether oxygens (including phenoxy) is 1. The second kappa shape index (κ2) is 8.38. The van der Waals surface area contributed by atoms with Crippen LogP contribution in [0.5, 0.6) is 11.5 Å². The number of aryl methyl sites for hydroxylation is 2. The van der Waals surface area contributed by atoms with Gasteiger partial charge in [0.1, 0.15) is 17.3 Å². The van der Waals surface area contributed by atoms with Gasteiger partial charge in [-0.15, -0.1) is 0 Å². The predicted octanol–water partition coefficient (Wildman–Crippen LogP) is 5.34. The van der Waals surface area contributed by atoms with Gasteiger partial charge in [0, 0.05) is 31.9 Å². The number of carbonyl (C=O) groups excluding carboxylic acids is 1. The Labute approximate surface area is 188 Å². The van der Waals surface area contributed by atoms with Crippen molar-refractivity contribution in [1.82, 2.24) is 9.80 Å². The fraction of sp³-hybridized carbons (Fsp3) is 0.231. The van der Waals surface area contributed by atoms with Crippen molar-refractivity contribution in [2.75, 3.05) is 31.5 Å². The number of carbonyl (C=O) groups is 1. The Morgan fingerprint density at radius 3 is 2.38 bits per heavy atom. The summed E-state index contributed by atoms with van der Waals surface area (Å²) in [5.41, 5.74) is 4.91. The van der Waals surface area contributed by atoms with Crippen molar-refractivity contribution in [2.45, 2.75) is 13.8 Å². The fourth-order valence-electron chi connectivity index (χ4n) is 4.08. The first-order chi connectivity index (χ1) is 15.6. The number of aliphatic imine (C=N–C) groups is 1. The van der Waals surface area contributed by atoms with Gasteiger partial charge in [-0.3, -0.25) is 0 Å². The number of hydrogen-bond acceptors (Lipinski definition) is 4. The molecule has 1 saturated heterocycles. The van der Waals surface area contributed by atoms with Crippen LogP contribution in [0.2, 0.25) is 0 Å². The summed E-state index contributed by atoms with van der Waals surface area (Å²) < 4.78 is 6.27. The lowest BCUT2D eigenvalue weighted by Gasteiger charge is -2.36. The van der Waals surface area contributed by atoms with E-state index in [0.29, 0.717) is 26.2 Å². The van der Waals surface area contributed by atoms with E-state index in [1.807, 2.05) is 53.4 Å². The Kier molecular flexibility index (Phi) is 5.27. The first-order valence-corrected chi connectivity index (χ1v) is 10.9. The molecular weight excluding hydrogens is 400 g/mol. The third-order valence-electron chi connectivity index (χ3n) is 5.83. The zero-order valence-electron chi connectivity index (χ0n) is 18.3. The van der Waals surface area contributed by atoms with Crippen molar-refractivity contribution < 1.29 is 9.53 Å². The van der Waals surface area contributed by atoms with Gasteiger partial charge in [0.2, 0.25) is 0 Å². The van der Waals surface area contributed by atoms with Crippen LogP contribution in [0.25, 0.3) is 0 Å². The minimum absolute atomic E-state index is 0.0703. The average molecular weight is 427 g/mol. The molecule has 2 aliphatic heterocycles. The molecule has 6 heteroatoms. The molecule has 0 aliphatic carbocycles. The maximum atomic E-state index is 12.7. The summed E-state index contributed by atoms with van der Waals surface area (Å²) >= 11 is 0. The quantitative estimate of drug-likeness (QED) is 0.572. The van der Waals surface area contributed by atoms with Gasteiger partial charge in [0.05, 0.1) is 5.56 Å². The molecule has 2 amide bonds. The van der Waals surface area contributed by atoms with E-state index < -0.39 is 0 Å². The molecule has 6 nitrogen and oxygen atoms in total. The lowest BCUT2D eigenvalue weighted by molar-refractivity contribution is 0.181. The number of rotatable bonds is 1. The zero-order chi connectivity index (χ0) is 22.1. The Morgan fingerprint density at radius 1 is 0.875 bits per heavy atom. The van der Waals surface area contributed by atoms with Crippen molar-refractivity contribution in [3.8, 4) is 11.5 Å². The van der Waals surface area contributed by atoms with Gasteiger partial charge >= 0.3 is 6.03 Å². The smallest absolute Gasteiger partial charge is 0.321 e.